The summed E-state index contributed by atoms with van der Waals surface area (Å²) in [4.78, 5) is 4.22. The minimum Gasteiger partial charge on any atom is -0.487 e. The van der Waals surface area contributed by atoms with Crippen LogP contribution in [0.2, 0.25) is 0 Å². The van der Waals surface area contributed by atoms with E-state index >= 15 is 0 Å². The van der Waals surface area contributed by atoms with E-state index in [9.17, 15) is 4.39 Å². The minimum atomic E-state index is -0.262. The van der Waals surface area contributed by atoms with Crippen LogP contribution in [0.3, 0.4) is 0 Å². The second-order valence-corrected chi connectivity index (χ2v) is 5.89. The predicted molar refractivity (Wildman–Crippen MR) is 97.7 cm³/mol. The Bertz CT molecular complexity index is 863. The van der Waals surface area contributed by atoms with E-state index in [2.05, 4.69) is 4.98 Å². The molecule has 0 unspecified atom stereocenters. The molecule has 4 nitrogen and oxygen atoms in total. The van der Waals surface area contributed by atoms with Crippen LogP contribution in [0.25, 0.3) is 11.1 Å². The summed E-state index contributed by atoms with van der Waals surface area (Å²) in [6.07, 6.45) is 3.39. The van der Waals surface area contributed by atoms with Gasteiger partial charge in [0, 0.05) is 24.4 Å². The summed E-state index contributed by atoms with van der Waals surface area (Å²) in [6.45, 7) is 2.41. The standard InChI is InChI=1S/C20H20FN3O/c1-14-4-3-5-20(24(2)22)19(14)13-25-18-10-16(11-23-12-18)15-6-8-17(21)9-7-15/h3-12H,13,22H2,1-2H3. The monoisotopic (exact) mass is 337 g/mol. The number of hydrogen-bond donors (Lipinski definition) is 1. The van der Waals surface area contributed by atoms with Gasteiger partial charge in [-0.1, -0.05) is 24.3 Å². The Kier molecular flexibility index (Phi) is 4.95. The lowest BCUT2D eigenvalue weighted by atomic mass is 10.1. The second-order valence-electron chi connectivity index (χ2n) is 5.89. The summed E-state index contributed by atoms with van der Waals surface area (Å²) in [6, 6.07) is 14.1. The molecule has 0 amide bonds. The molecule has 1 heterocycles. The van der Waals surface area contributed by atoms with Crippen LogP contribution in [0, 0.1) is 12.7 Å². The Balaban J connectivity index is 1.81. The van der Waals surface area contributed by atoms with Gasteiger partial charge < -0.3 is 9.75 Å². The maximum atomic E-state index is 13.1. The highest BCUT2D eigenvalue weighted by atomic mass is 19.1. The third-order valence-corrected chi connectivity index (χ3v) is 4.04. The lowest BCUT2D eigenvalue weighted by Gasteiger charge is -2.19. The number of aromatic nitrogens is 1. The first-order valence-electron chi connectivity index (χ1n) is 7.95. The molecule has 128 valence electrons. The highest BCUT2D eigenvalue weighted by Gasteiger charge is 2.09. The molecule has 1 aromatic heterocycles. The number of nitrogens with zero attached hydrogens (tertiary/aromatic N) is 2. The Morgan fingerprint density at radius 3 is 2.56 bits per heavy atom. The number of hydrazine groups is 1. The zero-order valence-corrected chi connectivity index (χ0v) is 14.2. The zero-order chi connectivity index (χ0) is 17.8. The summed E-state index contributed by atoms with van der Waals surface area (Å²) in [5.41, 5.74) is 4.82. The number of halogens is 1. The molecular weight excluding hydrogens is 317 g/mol. The van der Waals surface area contributed by atoms with E-state index in [4.69, 9.17) is 10.6 Å². The lowest BCUT2D eigenvalue weighted by molar-refractivity contribution is 0.304. The van der Waals surface area contributed by atoms with Crippen molar-refractivity contribution < 1.29 is 9.13 Å². The van der Waals surface area contributed by atoms with Crippen molar-refractivity contribution in [1.82, 2.24) is 4.98 Å². The Morgan fingerprint density at radius 2 is 1.84 bits per heavy atom. The van der Waals surface area contributed by atoms with Gasteiger partial charge in [0.05, 0.1) is 11.9 Å². The molecule has 0 saturated carbocycles. The molecule has 25 heavy (non-hydrogen) atoms. The van der Waals surface area contributed by atoms with Crippen molar-refractivity contribution in [2.75, 3.05) is 12.1 Å². The molecule has 0 bridgehead atoms. The average molecular weight is 337 g/mol. The van der Waals surface area contributed by atoms with Crippen molar-refractivity contribution in [3.8, 4) is 16.9 Å². The summed E-state index contributed by atoms with van der Waals surface area (Å²) >= 11 is 0. The lowest BCUT2D eigenvalue weighted by Crippen LogP contribution is -2.26. The number of nitrogens with two attached hydrogens (primary N) is 1. The normalized spacial score (nSPS) is 10.6. The Labute approximate surface area is 146 Å². The molecule has 0 spiro atoms. The van der Waals surface area contributed by atoms with E-state index < -0.39 is 0 Å². The number of benzene rings is 2. The quantitative estimate of drug-likeness (QED) is 0.563. The minimum absolute atomic E-state index is 0.262. The van der Waals surface area contributed by atoms with Crippen LogP contribution in [0.15, 0.2) is 60.9 Å². The van der Waals surface area contributed by atoms with E-state index in [-0.39, 0.29) is 5.82 Å². The number of pyridine rings is 1. The van der Waals surface area contributed by atoms with Crippen molar-refractivity contribution in [2.45, 2.75) is 13.5 Å². The van der Waals surface area contributed by atoms with Gasteiger partial charge >= 0.3 is 0 Å². The smallest absolute Gasteiger partial charge is 0.138 e. The Hall–Kier alpha value is -2.92. The molecule has 0 aliphatic heterocycles. The van der Waals surface area contributed by atoms with Crippen molar-refractivity contribution in [1.29, 1.82) is 0 Å². The summed E-state index contributed by atoms with van der Waals surface area (Å²) in [5, 5.41) is 1.58. The van der Waals surface area contributed by atoms with Crippen LogP contribution in [0.4, 0.5) is 10.1 Å². The van der Waals surface area contributed by atoms with Crippen molar-refractivity contribution in [3.05, 3.63) is 77.9 Å². The van der Waals surface area contributed by atoms with Gasteiger partial charge in [0.15, 0.2) is 0 Å². The van der Waals surface area contributed by atoms with E-state index in [0.29, 0.717) is 12.4 Å². The van der Waals surface area contributed by atoms with Gasteiger partial charge in [-0.25, -0.2) is 10.2 Å². The van der Waals surface area contributed by atoms with E-state index in [1.165, 1.54) is 12.1 Å². The first-order valence-corrected chi connectivity index (χ1v) is 7.95. The number of aryl methyl sites for hydroxylation is 1. The summed E-state index contributed by atoms with van der Waals surface area (Å²) < 4.78 is 19.0. The molecular formula is C20H20FN3O. The third kappa shape index (κ3) is 3.95. The molecule has 3 aromatic rings. The summed E-state index contributed by atoms with van der Waals surface area (Å²) in [5.74, 6) is 6.29. The van der Waals surface area contributed by atoms with Gasteiger partial charge in [-0.2, -0.15) is 0 Å². The molecule has 0 fully saturated rings. The van der Waals surface area contributed by atoms with Crippen molar-refractivity contribution in [3.63, 3.8) is 0 Å². The van der Waals surface area contributed by atoms with Crippen LogP contribution >= 0.6 is 0 Å². The molecule has 0 saturated heterocycles. The zero-order valence-electron chi connectivity index (χ0n) is 14.2. The van der Waals surface area contributed by atoms with Crippen molar-refractivity contribution >= 4 is 5.69 Å². The SMILES string of the molecule is Cc1cccc(N(C)N)c1COc1cncc(-c2ccc(F)cc2)c1. The van der Waals surface area contributed by atoms with Crippen LogP contribution in [-0.2, 0) is 6.61 Å². The molecule has 0 atom stereocenters. The third-order valence-electron chi connectivity index (χ3n) is 4.04. The van der Waals surface area contributed by atoms with Crippen LogP contribution in [-0.4, -0.2) is 12.0 Å². The molecule has 0 radical (unpaired) electrons. The number of rotatable bonds is 5. The predicted octanol–water partition coefficient (Wildman–Crippen LogP) is 4.09. The van der Waals surface area contributed by atoms with Gasteiger partial charge in [-0.05, 0) is 42.3 Å². The van der Waals surface area contributed by atoms with Gasteiger partial charge in [0.2, 0.25) is 0 Å². The van der Waals surface area contributed by atoms with Gasteiger partial charge in [-0.15, -0.1) is 0 Å². The highest BCUT2D eigenvalue weighted by molar-refractivity contribution is 5.63. The number of ether oxygens (including phenoxy) is 1. The van der Waals surface area contributed by atoms with Crippen LogP contribution in [0.1, 0.15) is 11.1 Å². The molecule has 2 aromatic carbocycles. The van der Waals surface area contributed by atoms with Gasteiger partial charge in [-0.3, -0.25) is 4.98 Å². The van der Waals surface area contributed by atoms with Crippen LogP contribution in [0.5, 0.6) is 5.75 Å². The molecule has 2 N–H and O–H groups in total. The van der Waals surface area contributed by atoms with E-state index in [1.807, 2.05) is 31.2 Å². The van der Waals surface area contributed by atoms with E-state index in [0.717, 1.165) is 27.9 Å². The largest absolute Gasteiger partial charge is 0.487 e. The Morgan fingerprint density at radius 1 is 1.08 bits per heavy atom. The summed E-state index contributed by atoms with van der Waals surface area (Å²) in [7, 11) is 1.80. The fourth-order valence-electron chi connectivity index (χ4n) is 2.66. The maximum absolute atomic E-state index is 13.1. The topological polar surface area (TPSA) is 51.4 Å². The molecule has 5 heteroatoms. The fourth-order valence-corrected chi connectivity index (χ4v) is 2.66. The van der Waals surface area contributed by atoms with Crippen LogP contribution < -0.4 is 15.6 Å². The van der Waals surface area contributed by atoms with E-state index in [1.54, 1.807) is 36.6 Å². The maximum Gasteiger partial charge on any atom is 0.138 e. The van der Waals surface area contributed by atoms with Gasteiger partial charge in [0.25, 0.3) is 0 Å². The first kappa shape index (κ1) is 16.9. The molecule has 3 rings (SSSR count). The molecule has 0 aliphatic rings. The van der Waals surface area contributed by atoms with Gasteiger partial charge in [0.1, 0.15) is 18.2 Å². The van der Waals surface area contributed by atoms with Crippen molar-refractivity contribution in [2.24, 2.45) is 5.84 Å². The molecule has 0 aliphatic carbocycles. The average Bonchev–Trinajstić information content (AvgIpc) is 2.61. The first-order chi connectivity index (χ1) is 12.0. The fraction of sp³-hybridized carbons (Fsp3) is 0.150. The highest BCUT2D eigenvalue weighted by Crippen LogP contribution is 2.26. The number of hydrogen-bond acceptors (Lipinski definition) is 4. The number of anilines is 1. The second kappa shape index (κ2) is 7.32.